The monoisotopic (exact) mass is 355 g/mol. The SMILES string of the molecule is Cc1cc(CN2CCCC(O)(CC(N)=O)C2)ccc1Oc1cccnc1. The van der Waals surface area contributed by atoms with Gasteiger partial charge in [0.25, 0.3) is 0 Å². The van der Waals surface area contributed by atoms with Gasteiger partial charge in [0.05, 0.1) is 18.2 Å². The number of carbonyl (C=O) groups is 1. The number of nitrogens with two attached hydrogens (primary N) is 1. The summed E-state index contributed by atoms with van der Waals surface area (Å²) in [4.78, 5) is 17.4. The molecule has 3 rings (SSSR count). The summed E-state index contributed by atoms with van der Waals surface area (Å²) in [5.74, 6) is 1.05. The third-order valence-corrected chi connectivity index (χ3v) is 4.65. The second-order valence-corrected chi connectivity index (χ2v) is 7.07. The molecule has 1 aromatic carbocycles. The van der Waals surface area contributed by atoms with E-state index in [0.717, 1.165) is 36.4 Å². The normalized spacial score (nSPS) is 20.7. The molecule has 6 heteroatoms. The molecule has 3 N–H and O–H groups in total. The standard InChI is InChI=1S/C20H25N3O3/c1-15-10-16(5-6-18(15)26-17-4-2-8-22-12-17)13-23-9-3-7-20(25,14-23)11-19(21)24/h2,4-6,8,10,12,25H,3,7,9,11,13-14H2,1H3,(H2,21,24). The number of likely N-dealkylation sites (tertiary alicyclic amines) is 1. The first-order valence-electron chi connectivity index (χ1n) is 8.84. The molecule has 0 bridgehead atoms. The topological polar surface area (TPSA) is 88.7 Å². The van der Waals surface area contributed by atoms with Crippen LogP contribution in [0.1, 0.15) is 30.4 Å². The quantitative estimate of drug-likeness (QED) is 0.830. The summed E-state index contributed by atoms with van der Waals surface area (Å²) < 4.78 is 5.86. The van der Waals surface area contributed by atoms with Crippen LogP contribution in [0.3, 0.4) is 0 Å². The average Bonchev–Trinajstić information content (AvgIpc) is 2.57. The smallest absolute Gasteiger partial charge is 0.220 e. The number of aliphatic hydroxyl groups is 1. The van der Waals surface area contributed by atoms with Gasteiger partial charge in [-0.1, -0.05) is 12.1 Å². The molecule has 138 valence electrons. The van der Waals surface area contributed by atoms with Crippen molar-refractivity contribution in [2.24, 2.45) is 5.73 Å². The highest BCUT2D eigenvalue weighted by Gasteiger charge is 2.34. The minimum Gasteiger partial charge on any atom is -0.455 e. The van der Waals surface area contributed by atoms with Gasteiger partial charge in [-0.3, -0.25) is 14.7 Å². The van der Waals surface area contributed by atoms with Crippen LogP contribution in [0.25, 0.3) is 0 Å². The minimum atomic E-state index is -1.01. The van der Waals surface area contributed by atoms with Crippen molar-refractivity contribution in [3.63, 3.8) is 0 Å². The highest BCUT2D eigenvalue weighted by molar-refractivity contribution is 5.75. The van der Waals surface area contributed by atoms with E-state index in [1.54, 1.807) is 12.4 Å². The van der Waals surface area contributed by atoms with Crippen LogP contribution >= 0.6 is 0 Å². The van der Waals surface area contributed by atoms with Crippen molar-refractivity contribution in [2.75, 3.05) is 13.1 Å². The third kappa shape index (κ3) is 4.80. The van der Waals surface area contributed by atoms with Gasteiger partial charge in [0.1, 0.15) is 11.5 Å². The van der Waals surface area contributed by atoms with E-state index in [4.69, 9.17) is 10.5 Å². The van der Waals surface area contributed by atoms with E-state index in [1.807, 2.05) is 31.2 Å². The summed E-state index contributed by atoms with van der Waals surface area (Å²) in [5.41, 5.74) is 6.44. The van der Waals surface area contributed by atoms with Gasteiger partial charge < -0.3 is 15.6 Å². The van der Waals surface area contributed by atoms with Crippen molar-refractivity contribution in [3.05, 3.63) is 53.9 Å². The maximum absolute atomic E-state index is 11.2. The number of aromatic nitrogens is 1. The van der Waals surface area contributed by atoms with E-state index in [9.17, 15) is 9.90 Å². The van der Waals surface area contributed by atoms with Crippen LogP contribution in [-0.4, -0.2) is 39.6 Å². The Hall–Kier alpha value is -2.44. The second kappa shape index (κ2) is 7.85. The lowest BCUT2D eigenvalue weighted by Gasteiger charge is -2.38. The lowest BCUT2D eigenvalue weighted by atomic mass is 9.89. The third-order valence-electron chi connectivity index (χ3n) is 4.65. The van der Waals surface area contributed by atoms with E-state index in [-0.39, 0.29) is 6.42 Å². The number of carbonyl (C=O) groups excluding carboxylic acids is 1. The van der Waals surface area contributed by atoms with Crippen molar-refractivity contribution in [1.82, 2.24) is 9.88 Å². The predicted octanol–water partition coefficient (Wildman–Crippen LogP) is 2.38. The lowest BCUT2D eigenvalue weighted by molar-refractivity contribution is -0.125. The number of hydrogen-bond acceptors (Lipinski definition) is 5. The Morgan fingerprint density at radius 3 is 2.96 bits per heavy atom. The molecule has 26 heavy (non-hydrogen) atoms. The number of rotatable bonds is 6. The molecule has 1 amide bonds. The van der Waals surface area contributed by atoms with E-state index in [2.05, 4.69) is 16.0 Å². The Morgan fingerprint density at radius 1 is 1.42 bits per heavy atom. The van der Waals surface area contributed by atoms with Crippen molar-refractivity contribution >= 4 is 5.91 Å². The fraction of sp³-hybridized carbons (Fsp3) is 0.400. The molecule has 1 unspecified atom stereocenters. The van der Waals surface area contributed by atoms with Crippen molar-refractivity contribution in [1.29, 1.82) is 0 Å². The number of aryl methyl sites for hydroxylation is 1. The van der Waals surface area contributed by atoms with Gasteiger partial charge in [-0.15, -0.1) is 0 Å². The van der Waals surface area contributed by atoms with E-state index < -0.39 is 11.5 Å². The fourth-order valence-corrected chi connectivity index (χ4v) is 3.53. The van der Waals surface area contributed by atoms with Crippen LogP contribution in [-0.2, 0) is 11.3 Å². The first-order chi connectivity index (χ1) is 12.4. The number of piperidine rings is 1. The van der Waals surface area contributed by atoms with Gasteiger partial charge in [0.15, 0.2) is 0 Å². The molecule has 0 radical (unpaired) electrons. The molecule has 1 aliphatic heterocycles. The van der Waals surface area contributed by atoms with Crippen LogP contribution in [0.4, 0.5) is 0 Å². The summed E-state index contributed by atoms with van der Waals surface area (Å²) in [6.45, 7) is 4.08. The van der Waals surface area contributed by atoms with Gasteiger partial charge in [-0.05, 0) is 55.6 Å². The van der Waals surface area contributed by atoms with Crippen LogP contribution in [0.2, 0.25) is 0 Å². The van der Waals surface area contributed by atoms with Gasteiger partial charge >= 0.3 is 0 Å². The van der Waals surface area contributed by atoms with Crippen LogP contribution in [0.15, 0.2) is 42.7 Å². The molecule has 0 aliphatic carbocycles. The van der Waals surface area contributed by atoms with Gasteiger partial charge in [0, 0.05) is 19.3 Å². The maximum atomic E-state index is 11.2. The Balaban J connectivity index is 1.65. The van der Waals surface area contributed by atoms with Crippen LogP contribution in [0.5, 0.6) is 11.5 Å². The summed E-state index contributed by atoms with van der Waals surface area (Å²) >= 11 is 0. The van der Waals surface area contributed by atoms with Gasteiger partial charge in [-0.2, -0.15) is 0 Å². The summed E-state index contributed by atoms with van der Waals surface area (Å²) in [6, 6.07) is 9.78. The molecule has 0 spiro atoms. The molecule has 2 aromatic rings. The zero-order valence-corrected chi connectivity index (χ0v) is 15.0. The summed E-state index contributed by atoms with van der Waals surface area (Å²) in [5, 5.41) is 10.6. The van der Waals surface area contributed by atoms with Crippen molar-refractivity contribution in [2.45, 2.75) is 38.3 Å². The number of amides is 1. The fourth-order valence-electron chi connectivity index (χ4n) is 3.53. The molecule has 2 heterocycles. The molecular formula is C20H25N3O3. The molecule has 1 atom stereocenters. The van der Waals surface area contributed by atoms with E-state index in [0.29, 0.717) is 18.7 Å². The number of pyridine rings is 1. The average molecular weight is 355 g/mol. The molecule has 1 saturated heterocycles. The first-order valence-corrected chi connectivity index (χ1v) is 8.84. The highest BCUT2D eigenvalue weighted by atomic mass is 16.5. The number of β-amino-alcohol motifs (C(OH)–C–C–N with tert-alkyl or cyclic N) is 1. The van der Waals surface area contributed by atoms with E-state index >= 15 is 0 Å². The summed E-state index contributed by atoms with van der Waals surface area (Å²) in [7, 11) is 0. The second-order valence-electron chi connectivity index (χ2n) is 7.07. The number of nitrogens with zero attached hydrogens (tertiary/aromatic N) is 2. The zero-order chi connectivity index (χ0) is 18.6. The number of benzene rings is 1. The molecular weight excluding hydrogens is 330 g/mol. The molecule has 0 saturated carbocycles. The van der Waals surface area contributed by atoms with Gasteiger partial charge in [-0.25, -0.2) is 0 Å². The highest BCUT2D eigenvalue weighted by Crippen LogP contribution is 2.28. The number of ether oxygens (including phenoxy) is 1. The van der Waals surface area contributed by atoms with Crippen molar-refractivity contribution in [3.8, 4) is 11.5 Å². The Labute approximate surface area is 153 Å². The van der Waals surface area contributed by atoms with Crippen LogP contribution in [0, 0.1) is 6.92 Å². The predicted molar refractivity (Wildman–Crippen MR) is 98.8 cm³/mol. The molecule has 1 aliphatic rings. The largest absolute Gasteiger partial charge is 0.455 e. The molecule has 1 fully saturated rings. The lowest BCUT2D eigenvalue weighted by Crippen LogP contribution is -2.49. The Morgan fingerprint density at radius 2 is 2.27 bits per heavy atom. The zero-order valence-electron chi connectivity index (χ0n) is 15.0. The maximum Gasteiger partial charge on any atom is 0.220 e. The first kappa shape index (κ1) is 18.4. The van der Waals surface area contributed by atoms with Crippen molar-refractivity contribution < 1.29 is 14.6 Å². The molecule has 6 nitrogen and oxygen atoms in total. The van der Waals surface area contributed by atoms with Crippen LogP contribution < -0.4 is 10.5 Å². The van der Waals surface area contributed by atoms with E-state index in [1.165, 1.54) is 0 Å². The Kier molecular flexibility index (Phi) is 5.54. The minimum absolute atomic E-state index is 0.0143. The number of primary amides is 1. The Bertz CT molecular complexity index is 766. The summed E-state index contributed by atoms with van der Waals surface area (Å²) in [6.07, 6.45) is 4.87. The van der Waals surface area contributed by atoms with Gasteiger partial charge in [0.2, 0.25) is 5.91 Å². The number of hydrogen-bond donors (Lipinski definition) is 2. The molecule has 1 aromatic heterocycles.